The Kier molecular flexibility index (Phi) is 5.04. The minimum Gasteiger partial charge on any atom is -0.313 e. The first-order valence-corrected chi connectivity index (χ1v) is 9.03. The van der Waals surface area contributed by atoms with E-state index in [2.05, 4.69) is 15.5 Å². The van der Waals surface area contributed by atoms with Crippen LogP contribution in [0.2, 0.25) is 0 Å². The molecular formula is C21H16F5N3. The number of aromatic nitrogens is 2. The van der Waals surface area contributed by atoms with Gasteiger partial charge in [-0.05, 0) is 53.9 Å². The first-order chi connectivity index (χ1) is 13.8. The van der Waals surface area contributed by atoms with Crippen molar-refractivity contribution in [1.29, 1.82) is 0 Å². The highest BCUT2D eigenvalue weighted by Gasteiger charge is 2.33. The Morgan fingerprint density at radius 2 is 1.76 bits per heavy atom. The lowest BCUT2D eigenvalue weighted by atomic mass is 9.85. The van der Waals surface area contributed by atoms with Crippen molar-refractivity contribution >= 4 is 0 Å². The van der Waals surface area contributed by atoms with E-state index in [0.717, 1.165) is 23.3 Å². The van der Waals surface area contributed by atoms with Crippen molar-refractivity contribution in [3.05, 3.63) is 82.5 Å². The number of hydrogen-bond acceptors (Lipinski definition) is 3. The Hall–Kier alpha value is -2.87. The van der Waals surface area contributed by atoms with Crippen LogP contribution < -0.4 is 5.32 Å². The summed E-state index contributed by atoms with van der Waals surface area (Å²) in [6, 6.07) is 11.6. The van der Waals surface area contributed by atoms with Gasteiger partial charge in [-0.3, -0.25) is 0 Å². The number of benzene rings is 2. The number of nitrogens with zero attached hydrogens (tertiary/aromatic N) is 2. The lowest BCUT2D eigenvalue weighted by molar-refractivity contribution is -0.141. The summed E-state index contributed by atoms with van der Waals surface area (Å²) in [7, 11) is 0. The van der Waals surface area contributed by atoms with Crippen molar-refractivity contribution in [2.45, 2.75) is 25.1 Å². The Morgan fingerprint density at radius 3 is 2.48 bits per heavy atom. The number of halogens is 5. The molecule has 0 spiro atoms. The standard InChI is InChI=1S/C21H16F5N3/c22-17-3-1-2-16(20(17)23)15-8-9-27-11-13-10-12(4-5-14(13)15)18-6-7-19(29-28-18)21(24,25)26/h1-7,10,15,27H,8-9,11H2. The summed E-state index contributed by atoms with van der Waals surface area (Å²) in [6.07, 6.45) is -3.96. The number of fused-ring (bicyclic) bond motifs is 1. The Bertz CT molecular complexity index is 1030. The van der Waals surface area contributed by atoms with Crippen molar-refractivity contribution in [3.63, 3.8) is 0 Å². The van der Waals surface area contributed by atoms with Crippen LogP contribution in [0.25, 0.3) is 11.3 Å². The maximum absolute atomic E-state index is 14.4. The third-order valence-electron chi connectivity index (χ3n) is 5.05. The molecule has 0 fully saturated rings. The fraction of sp³-hybridized carbons (Fsp3) is 0.238. The molecule has 0 saturated carbocycles. The monoisotopic (exact) mass is 405 g/mol. The van der Waals surface area contributed by atoms with E-state index in [1.807, 2.05) is 0 Å². The molecule has 0 aliphatic carbocycles. The Balaban J connectivity index is 1.72. The van der Waals surface area contributed by atoms with Gasteiger partial charge in [0.25, 0.3) is 0 Å². The summed E-state index contributed by atoms with van der Waals surface area (Å²) in [4.78, 5) is 0. The van der Waals surface area contributed by atoms with Crippen molar-refractivity contribution < 1.29 is 22.0 Å². The molecule has 0 amide bonds. The van der Waals surface area contributed by atoms with Crippen LogP contribution in [-0.4, -0.2) is 16.7 Å². The van der Waals surface area contributed by atoms with Crippen LogP contribution in [0.3, 0.4) is 0 Å². The van der Waals surface area contributed by atoms with Crippen LogP contribution in [0.5, 0.6) is 0 Å². The topological polar surface area (TPSA) is 37.8 Å². The van der Waals surface area contributed by atoms with Crippen molar-refractivity contribution in [3.8, 4) is 11.3 Å². The molecule has 1 aliphatic heterocycles. The molecule has 1 N–H and O–H groups in total. The first kappa shape index (κ1) is 19.4. The van der Waals surface area contributed by atoms with Gasteiger partial charge >= 0.3 is 6.18 Å². The van der Waals surface area contributed by atoms with E-state index in [0.29, 0.717) is 30.8 Å². The molecule has 1 atom stereocenters. The molecule has 1 aromatic heterocycles. The van der Waals surface area contributed by atoms with Crippen molar-refractivity contribution in [1.82, 2.24) is 15.5 Å². The Morgan fingerprint density at radius 1 is 0.931 bits per heavy atom. The molecule has 2 heterocycles. The quantitative estimate of drug-likeness (QED) is 0.606. The summed E-state index contributed by atoms with van der Waals surface area (Å²) < 4.78 is 66.2. The molecule has 8 heteroatoms. The van der Waals surface area contributed by atoms with E-state index in [1.54, 1.807) is 24.3 Å². The number of hydrogen-bond donors (Lipinski definition) is 1. The van der Waals surface area contributed by atoms with Gasteiger partial charge in [-0.2, -0.15) is 13.2 Å². The second-order valence-corrected chi connectivity index (χ2v) is 6.88. The van der Waals surface area contributed by atoms with E-state index < -0.39 is 23.5 Å². The van der Waals surface area contributed by atoms with Gasteiger partial charge in [0, 0.05) is 18.0 Å². The summed E-state index contributed by atoms with van der Waals surface area (Å²) in [6.45, 7) is 1.12. The molecular weight excluding hydrogens is 389 g/mol. The smallest absolute Gasteiger partial charge is 0.313 e. The summed E-state index contributed by atoms with van der Waals surface area (Å²) in [5, 5.41) is 10.2. The molecule has 0 radical (unpaired) electrons. The highest BCUT2D eigenvalue weighted by atomic mass is 19.4. The SMILES string of the molecule is Fc1cccc(C2CCNCc3cc(-c4ccc(C(F)(F)F)nn4)ccc32)c1F. The van der Waals surface area contributed by atoms with E-state index in [1.165, 1.54) is 12.1 Å². The lowest BCUT2D eigenvalue weighted by Gasteiger charge is -2.19. The number of rotatable bonds is 2. The maximum atomic E-state index is 14.4. The minimum absolute atomic E-state index is 0.289. The fourth-order valence-electron chi connectivity index (χ4n) is 3.63. The van der Waals surface area contributed by atoms with Crippen LogP contribution >= 0.6 is 0 Å². The minimum atomic E-state index is -4.55. The van der Waals surface area contributed by atoms with E-state index in [-0.39, 0.29) is 11.5 Å². The van der Waals surface area contributed by atoms with E-state index in [9.17, 15) is 22.0 Å². The summed E-state index contributed by atoms with van der Waals surface area (Å²) >= 11 is 0. The van der Waals surface area contributed by atoms with Crippen molar-refractivity contribution in [2.75, 3.05) is 6.54 Å². The highest BCUT2D eigenvalue weighted by Crippen LogP contribution is 2.36. The van der Waals surface area contributed by atoms with Gasteiger partial charge in [0.15, 0.2) is 17.3 Å². The van der Waals surface area contributed by atoms with Gasteiger partial charge in [-0.15, -0.1) is 10.2 Å². The van der Waals surface area contributed by atoms with Crippen molar-refractivity contribution in [2.24, 2.45) is 0 Å². The van der Waals surface area contributed by atoms with E-state index in [4.69, 9.17) is 0 Å². The average molecular weight is 405 g/mol. The highest BCUT2D eigenvalue weighted by molar-refractivity contribution is 5.61. The predicted octanol–water partition coefficient (Wildman–Crippen LogP) is 5.07. The molecule has 1 aliphatic rings. The lowest BCUT2D eigenvalue weighted by Crippen LogP contribution is -2.13. The molecule has 0 saturated heterocycles. The Labute approximate surface area is 163 Å². The molecule has 29 heavy (non-hydrogen) atoms. The molecule has 4 rings (SSSR count). The normalized spacial score (nSPS) is 16.9. The zero-order chi connectivity index (χ0) is 20.6. The van der Waals surface area contributed by atoms with Gasteiger partial charge < -0.3 is 5.32 Å². The first-order valence-electron chi connectivity index (χ1n) is 9.03. The zero-order valence-corrected chi connectivity index (χ0v) is 15.1. The van der Waals surface area contributed by atoms with Gasteiger partial charge in [0.05, 0.1) is 5.69 Å². The molecule has 2 aromatic carbocycles. The summed E-state index contributed by atoms with van der Waals surface area (Å²) in [5.41, 5.74) is 1.85. The van der Waals surface area contributed by atoms with Gasteiger partial charge in [-0.25, -0.2) is 8.78 Å². The van der Waals surface area contributed by atoms with Crippen LogP contribution in [0, 0.1) is 11.6 Å². The largest absolute Gasteiger partial charge is 0.435 e. The fourth-order valence-corrected chi connectivity index (χ4v) is 3.63. The second kappa shape index (κ2) is 7.51. The average Bonchev–Trinajstić information content (AvgIpc) is 2.91. The van der Waals surface area contributed by atoms with Crippen LogP contribution in [0.4, 0.5) is 22.0 Å². The zero-order valence-electron chi connectivity index (χ0n) is 15.1. The van der Waals surface area contributed by atoms with Crippen LogP contribution in [0.1, 0.15) is 34.7 Å². The molecule has 1 unspecified atom stereocenters. The molecule has 0 bridgehead atoms. The third-order valence-corrected chi connectivity index (χ3v) is 5.05. The summed E-state index contributed by atoms with van der Waals surface area (Å²) in [5.74, 6) is -2.08. The molecule has 3 nitrogen and oxygen atoms in total. The third kappa shape index (κ3) is 3.85. The van der Waals surface area contributed by atoms with Gasteiger partial charge in [-0.1, -0.05) is 24.3 Å². The predicted molar refractivity (Wildman–Crippen MR) is 97.0 cm³/mol. The second-order valence-electron chi connectivity index (χ2n) is 6.88. The maximum Gasteiger partial charge on any atom is 0.435 e. The number of nitrogens with one attached hydrogen (secondary N) is 1. The van der Waals surface area contributed by atoms with Crippen LogP contribution in [0.15, 0.2) is 48.5 Å². The van der Waals surface area contributed by atoms with Gasteiger partial charge in [0.2, 0.25) is 0 Å². The molecule has 3 aromatic rings. The van der Waals surface area contributed by atoms with Gasteiger partial charge in [0.1, 0.15) is 0 Å². The van der Waals surface area contributed by atoms with Crippen LogP contribution in [-0.2, 0) is 12.7 Å². The molecule has 150 valence electrons. The van der Waals surface area contributed by atoms with E-state index >= 15 is 0 Å². The number of alkyl halides is 3.